The lowest BCUT2D eigenvalue weighted by Crippen LogP contribution is -2.52. The quantitative estimate of drug-likeness (QED) is 0.110. The van der Waals surface area contributed by atoms with Crippen molar-refractivity contribution in [3.63, 3.8) is 0 Å². The Labute approximate surface area is 311 Å². The van der Waals surface area contributed by atoms with Gasteiger partial charge in [0.2, 0.25) is 21.5 Å². The Morgan fingerprint density at radius 2 is 1.60 bits per heavy atom. The summed E-state index contributed by atoms with van der Waals surface area (Å²) in [6.45, 7) is 8.81. The smallest absolute Gasteiger partial charge is 0.304 e. The van der Waals surface area contributed by atoms with E-state index in [0.29, 0.717) is 25.8 Å². The van der Waals surface area contributed by atoms with Crippen LogP contribution in [-0.4, -0.2) is 63.7 Å². The summed E-state index contributed by atoms with van der Waals surface area (Å²) in [6, 6.07) is 21.4. The lowest BCUT2D eigenvalue weighted by molar-refractivity contribution is -0.291. The van der Waals surface area contributed by atoms with Crippen molar-refractivity contribution >= 4 is 33.6 Å². The van der Waals surface area contributed by atoms with Gasteiger partial charge in [0.05, 0.1) is 18.7 Å². The Morgan fingerprint density at radius 1 is 0.981 bits per heavy atom. The molecular weight excluding hydrogens is 704 g/mol. The molecule has 2 heterocycles. The zero-order valence-electron chi connectivity index (χ0n) is 30.9. The lowest BCUT2D eigenvalue weighted by Gasteiger charge is -2.41. The Hall–Kier alpha value is -4.61. The fraction of sp³-hybridized carbons (Fsp3) is 0.425. The number of halogens is 1. The molecule has 3 aromatic carbocycles. The van der Waals surface area contributed by atoms with Crippen molar-refractivity contribution in [2.24, 2.45) is 0 Å². The first-order chi connectivity index (χ1) is 25.0. The van der Waals surface area contributed by atoms with Gasteiger partial charge in [-0.1, -0.05) is 49.2 Å². The molecule has 3 aromatic rings. The van der Waals surface area contributed by atoms with Gasteiger partial charge in [-0.25, -0.2) is 17.5 Å². The molecule has 2 aliphatic heterocycles. The number of β-lactam (4-membered cyclic amide) rings is 1. The van der Waals surface area contributed by atoms with E-state index in [4.69, 9.17) is 18.9 Å². The van der Waals surface area contributed by atoms with Gasteiger partial charge in [0.15, 0.2) is 5.79 Å². The molecule has 284 valence electrons. The third kappa shape index (κ3) is 12.5. The molecule has 1 N–H and O–H groups in total. The minimum Gasteiger partial charge on any atom is -0.458 e. The van der Waals surface area contributed by atoms with E-state index in [9.17, 15) is 27.2 Å². The minimum atomic E-state index is -3.18. The molecule has 0 spiro atoms. The number of hydrogen-bond donors (Lipinski definition) is 1. The van der Waals surface area contributed by atoms with Crippen LogP contribution in [0.1, 0.15) is 88.3 Å². The molecule has 0 aliphatic carbocycles. The normalized spacial score (nSPS) is 17.9. The predicted molar refractivity (Wildman–Crippen MR) is 197 cm³/mol. The number of nitrogens with zero attached hydrogens (tertiary/aromatic N) is 1. The SMILES string of the molecule is CC(=O)OC1(C#Cc2ccc(C3CC(=O)N3c3ccc(CCCNS(C)(=O)=O)cc3)cc2)COC(C)(C)OC1.CC[C@H](OC(C)=O)c1ccc(F)cc1. The van der Waals surface area contributed by atoms with Gasteiger partial charge in [0, 0.05) is 31.6 Å². The average Bonchev–Trinajstić information content (AvgIpc) is 3.09. The number of rotatable bonds is 11. The van der Waals surface area contributed by atoms with Crippen molar-refractivity contribution in [2.45, 2.75) is 83.8 Å². The number of carbonyl (C=O) groups excluding carboxylic acids is 3. The van der Waals surface area contributed by atoms with E-state index in [0.717, 1.165) is 40.6 Å². The summed E-state index contributed by atoms with van der Waals surface area (Å²) in [5, 5.41) is 0. The second kappa shape index (κ2) is 17.9. The number of ether oxygens (including phenoxy) is 4. The van der Waals surface area contributed by atoms with Gasteiger partial charge in [-0.3, -0.25) is 14.4 Å². The van der Waals surface area contributed by atoms with Gasteiger partial charge in [-0.15, -0.1) is 0 Å². The van der Waals surface area contributed by atoms with Crippen LogP contribution in [0.25, 0.3) is 0 Å². The molecule has 53 heavy (non-hydrogen) atoms. The molecule has 1 amide bonds. The lowest BCUT2D eigenvalue weighted by atomic mass is 9.92. The van der Waals surface area contributed by atoms with E-state index in [1.807, 2.05) is 55.5 Å². The number of esters is 2. The number of benzene rings is 3. The van der Waals surface area contributed by atoms with Crippen LogP contribution in [0.4, 0.5) is 10.1 Å². The van der Waals surface area contributed by atoms with E-state index < -0.39 is 27.4 Å². The van der Waals surface area contributed by atoms with Crippen LogP contribution >= 0.6 is 0 Å². The third-order valence-electron chi connectivity index (χ3n) is 8.47. The number of anilines is 1. The van der Waals surface area contributed by atoms with Crippen molar-refractivity contribution in [3.8, 4) is 11.8 Å². The summed E-state index contributed by atoms with van der Waals surface area (Å²) in [5.74, 6) is 4.32. The zero-order chi connectivity index (χ0) is 38.8. The van der Waals surface area contributed by atoms with Gasteiger partial charge in [-0.2, -0.15) is 0 Å². The second-order valence-corrected chi connectivity index (χ2v) is 15.2. The molecule has 13 heteroatoms. The van der Waals surface area contributed by atoms with E-state index >= 15 is 0 Å². The standard InChI is InChI=1S/C29H34N2O7S.C11H13FO2/c1-21(32)38-29(19-36-28(2,3)37-20-29)16-15-23-7-11-24(12-8-23)26-18-27(33)31(26)25-13-9-22(10-14-25)6-5-17-30-39(4,34)35;1-3-11(14-8(2)13)9-4-6-10(12)7-5-9/h7-14,26,30H,5-6,17-20H2,1-4H3;4-7,11H,3H2,1-2H3/t;11-/m.0/s1. The Kier molecular flexibility index (Phi) is 13.9. The van der Waals surface area contributed by atoms with Gasteiger partial charge >= 0.3 is 11.9 Å². The van der Waals surface area contributed by atoms with Crippen LogP contribution in [0, 0.1) is 17.7 Å². The number of carbonyl (C=O) groups is 3. The first-order valence-electron chi connectivity index (χ1n) is 17.4. The molecular formula is C40H47FN2O9S. The highest BCUT2D eigenvalue weighted by Crippen LogP contribution is 2.39. The van der Waals surface area contributed by atoms with Gasteiger partial charge in [0.25, 0.3) is 0 Å². The highest BCUT2D eigenvalue weighted by molar-refractivity contribution is 7.88. The summed E-state index contributed by atoms with van der Waals surface area (Å²) in [5.41, 5.74) is 3.28. The van der Waals surface area contributed by atoms with Crippen LogP contribution in [0.3, 0.4) is 0 Å². The van der Waals surface area contributed by atoms with Crippen LogP contribution < -0.4 is 9.62 Å². The molecule has 0 saturated carbocycles. The highest BCUT2D eigenvalue weighted by Gasteiger charge is 2.42. The first kappa shape index (κ1) is 41.2. The molecule has 11 nitrogen and oxygen atoms in total. The second-order valence-electron chi connectivity index (χ2n) is 13.4. The molecule has 2 saturated heterocycles. The summed E-state index contributed by atoms with van der Waals surface area (Å²) >= 11 is 0. The number of amides is 1. The maximum absolute atomic E-state index is 12.6. The molecule has 1 unspecified atom stereocenters. The first-order valence-corrected chi connectivity index (χ1v) is 19.3. The fourth-order valence-electron chi connectivity index (χ4n) is 5.72. The van der Waals surface area contributed by atoms with Crippen molar-refractivity contribution < 1.29 is 46.1 Å². The molecule has 2 fully saturated rings. The Morgan fingerprint density at radius 3 is 2.13 bits per heavy atom. The van der Waals surface area contributed by atoms with Crippen molar-refractivity contribution in [2.75, 3.05) is 30.9 Å². The van der Waals surface area contributed by atoms with Crippen LogP contribution in [0.5, 0.6) is 0 Å². The minimum absolute atomic E-state index is 0.0533. The van der Waals surface area contributed by atoms with Gasteiger partial charge in [-0.05, 0) is 92.1 Å². The summed E-state index contributed by atoms with van der Waals surface area (Å²) in [4.78, 5) is 36.7. The zero-order valence-corrected chi connectivity index (χ0v) is 31.8. The number of hydrogen-bond acceptors (Lipinski definition) is 9. The fourth-order valence-corrected chi connectivity index (χ4v) is 6.23. The molecule has 0 radical (unpaired) electrons. The summed E-state index contributed by atoms with van der Waals surface area (Å²) < 4.78 is 59.4. The van der Waals surface area contributed by atoms with E-state index in [-0.39, 0.29) is 43.1 Å². The van der Waals surface area contributed by atoms with Crippen molar-refractivity contribution in [3.05, 3.63) is 101 Å². The molecule has 0 aromatic heterocycles. The summed E-state index contributed by atoms with van der Waals surface area (Å²) in [7, 11) is -3.18. The monoisotopic (exact) mass is 750 g/mol. The van der Waals surface area contributed by atoms with Crippen LogP contribution in [0.2, 0.25) is 0 Å². The number of sulfonamides is 1. The van der Waals surface area contributed by atoms with Crippen molar-refractivity contribution in [1.29, 1.82) is 0 Å². The summed E-state index contributed by atoms with van der Waals surface area (Å²) in [6.07, 6.45) is 3.40. The maximum Gasteiger partial charge on any atom is 0.304 e. The van der Waals surface area contributed by atoms with Gasteiger partial charge < -0.3 is 23.8 Å². The maximum atomic E-state index is 12.6. The van der Waals surface area contributed by atoms with Crippen LogP contribution in [-0.2, 0) is 49.8 Å². The van der Waals surface area contributed by atoms with E-state index in [2.05, 4.69) is 16.6 Å². The Balaban J connectivity index is 0.000000376. The van der Waals surface area contributed by atoms with E-state index in [1.165, 1.54) is 26.0 Å². The van der Waals surface area contributed by atoms with E-state index in [1.54, 1.807) is 30.9 Å². The predicted octanol–water partition coefficient (Wildman–Crippen LogP) is 5.92. The topological polar surface area (TPSA) is 138 Å². The third-order valence-corrected chi connectivity index (χ3v) is 9.19. The molecule has 5 rings (SSSR count). The molecule has 2 aliphatic rings. The number of nitrogens with one attached hydrogen (secondary N) is 1. The number of aryl methyl sites for hydroxylation is 1. The average molecular weight is 751 g/mol. The Bertz CT molecular complexity index is 1890. The van der Waals surface area contributed by atoms with Crippen LogP contribution in [0.15, 0.2) is 72.8 Å². The molecule has 2 atom stereocenters. The van der Waals surface area contributed by atoms with Gasteiger partial charge in [0.1, 0.15) is 25.1 Å². The molecule has 0 bridgehead atoms. The van der Waals surface area contributed by atoms with Crippen molar-refractivity contribution in [1.82, 2.24) is 4.72 Å². The largest absolute Gasteiger partial charge is 0.458 e. The highest BCUT2D eigenvalue weighted by atomic mass is 32.2.